The third-order valence-corrected chi connectivity index (χ3v) is 4.32. The molecule has 7 heteroatoms. The van der Waals surface area contributed by atoms with E-state index in [2.05, 4.69) is 5.32 Å². The number of rotatable bonds is 8. The highest BCUT2D eigenvalue weighted by molar-refractivity contribution is 5.97. The van der Waals surface area contributed by atoms with E-state index in [-0.39, 0.29) is 5.91 Å². The molecule has 0 spiro atoms. The van der Waals surface area contributed by atoms with Crippen LogP contribution in [-0.4, -0.2) is 35.6 Å². The van der Waals surface area contributed by atoms with Crippen LogP contribution < -0.4 is 5.32 Å². The van der Waals surface area contributed by atoms with Gasteiger partial charge in [0.25, 0.3) is 5.91 Å². The molecule has 0 aliphatic heterocycles. The fraction of sp³-hybridized carbons (Fsp3) is 0.227. The molecule has 4 aromatic rings. The summed E-state index contributed by atoms with van der Waals surface area (Å²) in [6.45, 7) is 3.68. The molecular weight excluding hydrogens is 370 g/mol. The van der Waals surface area contributed by atoms with Crippen LogP contribution in [0.3, 0.4) is 0 Å². The largest absolute Gasteiger partial charge is 0.463 e. The Labute approximate surface area is 167 Å². The molecule has 4 rings (SSSR count). The van der Waals surface area contributed by atoms with Gasteiger partial charge in [-0.05, 0) is 48.9 Å². The Morgan fingerprint density at radius 3 is 2.28 bits per heavy atom. The molecule has 1 aromatic carbocycles. The third-order valence-electron chi connectivity index (χ3n) is 4.32. The summed E-state index contributed by atoms with van der Waals surface area (Å²) in [5.74, 6) is 0.997. The molecule has 1 amide bonds. The van der Waals surface area contributed by atoms with Gasteiger partial charge < -0.3 is 18.9 Å². The summed E-state index contributed by atoms with van der Waals surface area (Å²) in [5.41, 5.74) is 2.92. The number of fused-ring (bicyclic) bond motifs is 1. The van der Waals surface area contributed by atoms with Crippen molar-refractivity contribution in [2.45, 2.75) is 13.3 Å². The average molecular weight is 391 g/mol. The Morgan fingerprint density at radius 1 is 0.966 bits per heavy atom. The Morgan fingerprint density at radius 2 is 1.66 bits per heavy atom. The van der Waals surface area contributed by atoms with E-state index < -0.39 is 0 Å². The van der Waals surface area contributed by atoms with Crippen molar-refractivity contribution in [3.05, 3.63) is 60.6 Å². The van der Waals surface area contributed by atoms with Crippen LogP contribution in [0.5, 0.6) is 0 Å². The molecule has 0 aliphatic carbocycles. The number of hydrogen-bond donors (Lipinski definition) is 1. The van der Waals surface area contributed by atoms with E-state index >= 15 is 0 Å². The zero-order valence-electron chi connectivity index (χ0n) is 16.1. The first-order chi connectivity index (χ1) is 14.3. The molecule has 0 atom stereocenters. The van der Waals surface area contributed by atoms with Crippen molar-refractivity contribution < 1.29 is 18.4 Å². The van der Waals surface area contributed by atoms with Crippen LogP contribution in [0.2, 0.25) is 0 Å². The van der Waals surface area contributed by atoms with Crippen LogP contribution >= 0.6 is 0 Å². The number of nitrogens with one attached hydrogen (secondary N) is 1. The molecular formula is C22H21N3O4. The lowest BCUT2D eigenvalue weighted by atomic mass is 10.1. The summed E-state index contributed by atoms with van der Waals surface area (Å²) in [7, 11) is 0. The van der Waals surface area contributed by atoms with E-state index in [0.29, 0.717) is 59.3 Å². The van der Waals surface area contributed by atoms with Gasteiger partial charge in [0.2, 0.25) is 0 Å². The summed E-state index contributed by atoms with van der Waals surface area (Å²) in [6, 6.07) is 12.5. The predicted octanol–water partition coefficient (Wildman–Crippen LogP) is 4.31. The van der Waals surface area contributed by atoms with Crippen LogP contribution in [0.4, 0.5) is 0 Å². The minimum atomic E-state index is -0.177. The fourth-order valence-electron chi connectivity index (χ4n) is 2.95. The first-order valence-corrected chi connectivity index (χ1v) is 9.51. The number of aromatic nitrogens is 2. The van der Waals surface area contributed by atoms with Crippen LogP contribution in [0, 0.1) is 0 Å². The summed E-state index contributed by atoms with van der Waals surface area (Å²) in [6.07, 6.45) is 4.12. The second-order valence-electron chi connectivity index (χ2n) is 6.45. The Bertz CT molecular complexity index is 1090. The van der Waals surface area contributed by atoms with Crippen molar-refractivity contribution >= 4 is 16.9 Å². The fourth-order valence-corrected chi connectivity index (χ4v) is 2.95. The van der Waals surface area contributed by atoms with Gasteiger partial charge in [0.15, 0.2) is 11.5 Å². The number of hydrogen-bond acceptors (Lipinski definition) is 6. The van der Waals surface area contributed by atoms with Gasteiger partial charge in [-0.15, -0.1) is 0 Å². The SMILES string of the molecule is CCCOCCNC(=O)c1ccc2nc(-c3ccco3)c(-c3ccco3)nc2c1. The molecule has 0 saturated heterocycles. The number of benzene rings is 1. The van der Waals surface area contributed by atoms with E-state index in [1.165, 1.54) is 0 Å². The molecule has 3 heterocycles. The molecule has 29 heavy (non-hydrogen) atoms. The van der Waals surface area contributed by atoms with Crippen LogP contribution in [0.25, 0.3) is 33.9 Å². The number of furan rings is 2. The van der Waals surface area contributed by atoms with Gasteiger partial charge in [0.05, 0.1) is 30.2 Å². The highest BCUT2D eigenvalue weighted by atomic mass is 16.5. The lowest BCUT2D eigenvalue weighted by Gasteiger charge is -2.09. The summed E-state index contributed by atoms with van der Waals surface area (Å²) >= 11 is 0. The normalized spacial score (nSPS) is 11.1. The molecule has 148 valence electrons. The Kier molecular flexibility index (Phi) is 5.67. The monoisotopic (exact) mass is 391 g/mol. The van der Waals surface area contributed by atoms with Crippen LogP contribution in [0.1, 0.15) is 23.7 Å². The summed E-state index contributed by atoms with van der Waals surface area (Å²) < 4.78 is 16.4. The van der Waals surface area contributed by atoms with Gasteiger partial charge in [0.1, 0.15) is 11.4 Å². The number of amides is 1. The maximum Gasteiger partial charge on any atom is 0.251 e. The maximum atomic E-state index is 12.4. The molecule has 0 unspecified atom stereocenters. The van der Waals surface area contributed by atoms with Crippen molar-refractivity contribution in [2.24, 2.45) is 0 Å². The van der Waals surface area contributed by atoms with Gasteiger partial charge in [0, 0.05) is 18.7 Å². The molecule has 1 N–H and O–H groups in total. The van der Waals surface area contributed by atoms with Crippen LogP contribution in [-0.2, 0) is 4.74 Å². The Balaban J connectivity index is 1.65. The summed E-state index contributed by atoms with van der Waals surface area (Å²) in [5, 5.41) is 2.85. The topological polar surface area (TPSA) is 90.4 Å². The number of carbonyl (C=O) groups excluding carboxylic acids is 1. The summed E-state index contributed by atoms with van der Waals surface area (Å²) in [4.78, 5) is 21.9. The quantitative estimate of drug-likeness (QED) is 0.450. The lowest BCUT2D eigenvalue weighted by Crippen LogP contribution is -2.27. The minimum absolute atomic E-state index is 0.177. The smallest absolute Gasteiger partial charge is 0.251 e. The molecule has 0 saturated carbocycles. The molecule has 0 aliphatic rings. The third kappa shape index (κ3) is 4.20. The van der Waals surface area contributed by atoms with E-state index in [9.17, 15) is 4.79 Å². The lowest BCUT2D eigenvalue weighted by molar-refractivity contribution is 0.0915. The van der Waals surface area contributed by atoms with E-state index in [0.717, 1.165) is 6.42 Å². The van der Waals surface area contributed by atoms with Crippen molar-refractivity contribution in [2.75, 3.05) is 19.8 Å². The van der Waals surface area contributed by atoms with Crippen molar-refractivity contribution in [3.8, 4) is 22.9 Å². The Hall–Kier alpha value is -3.45. The van der Waals surface area contributed by atoms with Crippen LogP contribution in [0.15, 0.2) is 63.8 Å². The minimum Gasteiger partial charge on any atom is -0.463 e. The van der Waals surface area contributed by atoms with Gasteiger partial charge in [-0.3, -0.25) is 4.79 Å². The van der Waals surface area contributed by atoms with Gasteiger partial charge in [-0.25, -0.2) is 9.97 Å². The van der Waals surface area contributed by atoms with Gasteiger partial charge >= 0.3 is 0 Å². The zero-order valence-corrected chi connectivity index (χ0v) is 16.1. The predicted molar refractivity (Wildman–Crippen MR) is 108 cm³/mol. The highest BCUT2D eigenvalue weighted by Gasteiger charge is 2.18. The highest BCUT2D eigenvalue weighted by Crippen LogP contribution is 2.31. The molecule has 0 fully saturated rings. The number of nitrogens with zero attached hydrogens (tertiary/aromatic N) is 2. The molecule has 0 radical (unpaired) electrons. The first-order valence-electron chi connectivity index (χ1n) is 9.51. The molecule has 3 aromatic heterocycles. The molecule has 7 nitrogen and oxygen atoms in total. The second-order valence-corrected chi connectivity index (χ2v) is 6.45. The van der Waals surface area contributed by atoms with E-state index in [1.54, 1.807) is 42.9 Å². The number of carbonyl (C=O) groups is 1. The van der Waals surface area contributed by atoms with E-state index in [1.807, 2.05) is 19.1 Å². The average Bonchev–Trinajstić information content (AvgIpc) is 3.46. The van der Waals surface area contributed by atoms with Gasteiger partial charge in [-0.1, -0.05) is 6.92 Å². The van der Waals surface area contributed by atoms with Crippen molar-refractivity contribution in [3.63, 3.8) is 0 Å². The number of ether oxygens (including phenoxy) is 1. The maximum absolute atomic E-state index is 12.4. The standard InChI is InChI=1S/C22H21N3O4/c1-2-10-27-13-9-23-22(26)15-7-8-16-17(14-15)25-21(19-6-4-12-29-19)20(24-16)18-5-3-11-28-18/h3-8,11-12,14H,2,9-10,13H2,1H3,(H,23,26). The first kappa shape index (κ1) is 18.9. The molecule has 0 bridgehead atoms. The zero-order chi connectivity index (χ0) is 20.1. The van der Waals surface area contributed by atoms with Crippen molar-refractivity contribution in [1.29, 1.82) is 0 Å². The van der Waals surface area contributed by atoms with Gasteiger partial charge in [-0.2, -0.15) is 0 Å². The van der Waals surface area contributed by atoms with E-state index in [4.69, 9.17) is 23.5 Å². The second kappa shape index (κ2) is 8.70. The van der Waals surface area contributed by atoms with Crippen molar-refractivity contribution in [1.82, 2.24) is 15.3 Å².